The van der Waals surface area contributed by atoms with Gasteiger partial charge in [-0.15, -0.1) is 0 Å². The van der Waals surface area contributed by atoms with Crippen LogP contribution in [0.15, 0.2) is 12.1 Å². The van der Waals surface area contributed by atoms with E-state index in [1.54, 1.807) is 0 Å². The molecule has 0 aliphatic carbocycles. The second kappa shape index (κ2) is 6.41. The Balaban J connectivity index is 2.20. The fourth-order valence-corrected chi connectivity index (χ4v) is 7.23. The van der Waals surface area contributed by atoms with Gasteiger partial charge in [0.25, 0.3) is 5.91 Å². The average molecular weight is 311 g/mol. The lowest BCUT2D eigenvalue weighted by molar-refractivity contribution is -0.116. The van der Waals surface area contributed by atoms with E-state index in [2.05, 4.69) is 17.3 Å². The minimum atomic E-state index is -1.26. The molecule has 1 aromatic rings. The van der Waals surface area contributed by atoms with Crippen LogP contribution in [0.5, 0.6) is 0 Å². The van der Waals surface area contributed by atoms with Crippen molar-refractivity contribution in [1.29, 1.82) is 0 Å². The molecule has 0 aromatic heterocycles. The van der Waals surface area contributed by atoms with Crippen LogP contribution in [0.2, 0.25) is 0 Å². The Morgan fingerprint density at radius 3 is 2.24 bits per heavy atom. The van der Waals surface area contributed by atoms with Crippen molar-refractivity contribution in [2.75, 3.05) is 31.4 Å². The molecule has 0 radical (unpaired) electrons. The van der Waals surface area contributed by atoms with E-state index in [1.165, 1.54) is 37.3 Å². The number of likely N-dealkylation sites (N-methyl/N-ethyl adjacent to an activating group) is 1. The number of hydrogen-bond acceptors (Lipinski definition) is 2. The summed E-state index contributed by atoms with van der Waals surface area (Å²) < 4.78 is 13.4. The van der Waals surface area contributed by atoms with E-state index in [-0.39, 0.29) is 17.5 Å². The lowest BCUT2D eigenvalue weighted by Crippen LogP contribution is -2.41. The topological polar surface area (TPSA) is 41.1 Å². The smallest absolute Gasteiger partial charge is 0.280 e. The summed E-state index contributed by atoms with van der Waals surface area (Å²) in [7, 11) is 0.599. The highest BCUT2D eigenvalue weighted by Gasteiger charge is 2.47. The summed E-state index contributed by atoms with van der Waals surface area (Å²) in [6.45, 7) is 5.93. The van der Waals surface area contributed by atoms with Crippen molar-refractivity contribution in [3.8, 4) is 0 Å². The molecule has 21 heavy (non-hydrogen) atoms. The monoisotopic (exact) mass is 311 g/mol. The molecular formula is C16H25FN2OP+. The number of carbonyl (C=O) groups is 1. The molecule has 1 atom stereocenters. The van der Waals surface area contributed by atoms with Gasteiger partial charge >= 0.3 is 0 Å². The lowest BCUT2D eigenvalue weighted by Gasteiger charge is -2.26. The summed E-state index contributed by atoms with van der Waals surface area (Å²) in [4.78, 5) is 12.7. The third kappa shape index (κ3) is 3.44. The highest BCUT2D eigenvalue weighted by atomic mass is 31.2. The van der Waals surface area contributed by atoms with Gasteiger partial charge < -0.3 is 5.32 Å². The molecule has 1 aliphatic heterocycles. The van der Waals surface area contributed by atoms with Crippen LogP contribution in [0.25, 0.3) is 0 Å². The van der Waals surface area contributed by atoms with Gasteiger partial charge in [0.05, 0.1) is 19.0 Å². The van der Waals surface area contributed by atoms with E-state index >= 15 is 0 Å². The molecule has 0 bridgehead atoms. The Bertz CT molecular complexity index is 518. The first-order chi connectivity index (χ1) is 9.87. The third-order valence-corrected chi connectivity index (χ3v) is 8.89. The van der Waals surface area contributed by atoms with E-state index in [1.807, 2.05) is 20.9 Å². The second-order valence-electron chi connectivity index (χ2n) is 6.23. The third-order valence-electron chi connectivity index (χ3n) is 4.48. The van der Waals surface area contributed by atoms with Crippen molar-refractivity contribution in [2.24, 2.45) is 0 Å². The maximum atomic E-state index is 13.4. The van der Waals surface area contributed by atoms with Crippen molar-refractivity contribution >= 4 is 18.9 Å². The van der Waals surface area contributed by atoms with E-state index in [0.29, 0.717) is 0 Å². The lowest BCUT2D eigenvalue weighted by atomic mass is 10.1. The molecule has 1 fully saturated rings. The van der Waals surface area contributed by atoms with Gasteiger partial charge in [-0.2, -0.15) is 0 Å². The summed E-state index contributed by atoms with van der Waals surface area (Å²) in [5, 5.41) is 6.24. The molecule has 5 heteroatoms. The van der Waals surface area contributed by atoms with E-state index in [0.717, 1.165) is 16.8 Å². The molecule has 1 amide bonds. The molecular weight excluding hydrogens is 286 g/mol. The summed E-state index contributed by atoms with van der Waals surface area (Å²) >= 11 is 0. The van der Waals surface area contributed by atoms with Gasteiger partial charge in [0.2, 0.25) is 0 Å². The number of carbonyl (C=O) groups excluding carboxylic acids is 1. The Hall–Kier alpha value is -0.990. The van der Waals surface area contributed by atoms with Crippen LogP contribution in [0.4, 0.5) is 10.1 Å². The number of nitrogens with one attached hydrogen (secondary N) is 2. The van der Waals surface area contributed by atoms with Crippen molar-refractivity contribution in [1.82, 2.24) is 5.32 Å². The zero-order chi connectivity index (χ0) is 15.6. The summed E-state index contributed by atoms with van der Waals surface area (Å²) in [6.07, 6.45) is 4.80. The first-order valence-corrected chi connectivity index (χ1v) is 10.1. The molecule has 0 saturated carbocycles. The van der Waals surface area contributed by atoms with Crippen molar-refractivity contribution in [3.63, 3.8) is 0 Å². The Kier molecular flexibility index (Phi) is 5.00. The summed E-state index contributed by atoms with van der Waals surface area (Å²) in [6, 6.07) is 2.92. The fraction of sp³-hybridized carbons (Fsp3) is 0.562. The number of amides is 1. The molecule has 2 N–H and O–H groups in total. The standard InChI is InChI=1S/C16H24FN2OP/c1-11-9-13(17)10-12(2)14(11)19-15(20)16(18-3)21(4)7-5-6-8-21/h9-10,16,18H,5-8H2,1-4H3/p+1. The Morgan fingerprint density at radius 1 is 1.24 bits per heavy atom. The molecule has 116 valence electrons. The quantitative estimate of drug-likeness (QED) is 0.837. The minimum Gasteiger partial charge on any atom is -0.321 e. The molecule has 1 aliphatic rings. The van der Waals surface area contributed by atoms with Gasteiger partial charge in [-0.25, -0.2) is 4.39 Å². The van der Waals surface area contributed by atoms with Crippen LogP contribution in [0, 0.1) is 19.7 Å². The molecule has 3 nitrogen and oxygen atoms in total. The number of halogens is 1. The highest BCUT2D eigenvalue weighted by molar-refractivity contribution is 7.76. The zero-order valence-corrected chi connectivity index (χ0v) is 14.2. The zero-order valence-electron chi connectivity index (χ0n) is 13.3. The van der Waals surface area contributed by atoms with E-state index < -0.39 is 7.26 Å². The van der Waals surface area contributed by atoms with Crippen LogP contribution < -0.4 is 10.6 Å². The summed E-state index contributed by atoms with van der Waals surface area (Å²) in [5.41, 5.74) is 2.28. The molecule has 0 spiro atoms. The number of aryl methyl sites for hydroxylation is 2. The molecule has 1 unspecified atom stereocenters. The minimum absolute atomic E-state index is 0.0213. The van der Waals surface area contributed by atoms with Gasteiger partial charge in [-0.1, -0.05) is 0 Å². The maximum absolute atomic E-state index is 13.4. The molecule has 1 saturated heterocycles. The SMILES string of the molecule is CNC(C(=O)Nc1c(C)cc(F)cc1C)[P+]1(C)CCCC1. The predicted molar refractivity (Wildman–Crippen MR) is 89.2 cm³/mol. The van der Waals surface area contributed by atoms with Crippen LogP contribution in [0.3, 0.4) is 0 Å². The van der Waals surface area contributed by atoms with Crippen LogP contribution >= 0.6 is 7.26 Å². The largest absolute Gasteiger partial charge is 0.321 e. The normalized spacial score (nSPS) is 18.5. The van der Waals surface area contributed by atoms with Gasteiger partial charge in [0, 0.05) is 12.9 Å². The Morgan fingerprint density at radius 2 is 1.76 bits per heavy atom. The van der Waals surface area contributed by atoms with Crippen molar-refractivity contribution in [3.05, 3.63) is 29.1 Å². The molecule has 1 aromatic carbocycles. The van der Waals surface area contributed by atoms with E-state index in [9.17, 15) is 9.18 Å². The van der Waals surface area contributed by atoms with Crippen molar-refractivity contribution in [2.45, 2.75) is 32.5 Å². The average Bonchev–Trinajstić information content (AvgIpc) is 2.82. The van der Waals surface area contributed by atoms with E-state index in [4.69, 9.17) is 0 Å². The number of anilines is 1. The summed E-state index contributed by atoms with van der Waals surface area (Å²) in [5.74, 6) is -0.347. The fourth-order valence-electron chi connectivity index (χ4n) is 3.34. The maximum Gasteiger partial charge on any atom is 0.280 e. The number of hydrogen-bond donors (Lipinski definition) is 2. The van der Waals surface area contributed by atoms with Gasteiger partial charge in [-0.05, 0) is 57.0 Å². The molecule has 1 heterocycles. The van der Waals surface area contributed by atoms with Crippen LogP contribution in [0.1, 0.15) is 24.0 Å². The Labute approximate surface area is 127 Å². The molecule has 2 rings (SSSR count). The van der Waals surface area contributed by atoms with Crippen molar-refractivity contribution < 1.29 is 9.18 Å². The van der Waals surface area contributed by atoms with Gasteiger partial charge in [-0.3, -0.25) is 10.1 Å². The predicted octanol–water partition coefficient (Wildman–Crippen LogP) is 3.37. The second-order valence-corrected chi connectivity index (χ2v) is 10.6. The first-order valence-electron chi connectivity index (χ1n) is 7.46. The van der Waals surface area contributed by atoms with Crippen LogP contribution in [-0.4, -0.2) is 37.7 Å². The van der Waals surface area contributed by atoms with Crippen LogP contribution in [-0.2, 0) is 4.79 Å². The van der Waals surface area contributed by atoms with Gasteiger partial charge in [0.15, 0.2) is 5.78 Å². The number of benzene rings is 1. The van der Waals surface area contributed by atoms with Gasteiger partial charge in [0.1, 0.15) is 5.82 Å². The number of rotatable bonds is 4. The first kappa shape index (κ1) is 16.4. The highest BCUT2D eigenvalue weighted by Crippen LogP contribution is 2.63.